The average molecular weight is 384 g/mol. The van der Waals surface area contributed by atoms with Gasteiger partial charge in [-0.1, -0.05) is 6.07 Å². The molecule has 0 atom stereocenters. The molecule has 1 aromatic heterocycles. The minimum atomic E-state index is -0.290. The van der Waals surface area contributed by atoms with E-state index in [0.29, 0.717) is 17.3 Å². The van der Waals surface area contributed by atoms with Gasteiger partial charge in [0.2, 0.25) is 0 Å². The molecule has 2 aliphatic rings. The SMILES string of the molecule is CNCCC1CCN(C(=O)c2nn(-c3ccc(C)cc3F)c3c2CCC3)CC1. The van der Waals surface area contributed by atoms with Crippen molar-refractivity contribution in [3.63, 3.8) is 0 Å². The number of benzene rings is 1. The number of likely N-dealkylation sites (tertiary alicyclic amines) is 1. The summed E-state index contributed by atoms with van der Waals surface area (Å²) in [5, 5.41) is 7.82. The molecule has 1 saturated heterocycles. The first-order valence-electron chi connectivity index (χ1n) is 10.4. The maximum Gasteiger partial charge on any atom is 0.274 e. The molecule has 4 rings (SSSR count). The number of aryl methyl sites for hydroxylation is 1. The largest absolute Gasteiger partial charge is 0.337 e. The van der Waals surface area contributed by atoms with E-state index in [4.69, 9.17) is 0 Å². The molecule has 2 aromatic rings. The predicted octanol–water partition coefficient (Wildman–Crippen LogP) is 3.27. The van der Waals surface area contributed by atoms with Crippen molar-refractivity contribution >= 4 is 5.91 Å². The van der Waals surface area contributed by atoms with E-state index in [1.807, 2.05) is 24.9 Å². The molecule has 5 nitrogen and oxygen atoms in total. The van der Waals surface area contributed by atoms with Crippen molar-refractivity contribution in [2.45, 2.75) is 45.4 Å². The Morgan fingerprint density at radius 2 is 2.07 bits per heavy atom. The second-order valence-corrected chi connectivity index (χ2v) is 8.12. The number of carbonyl (C=O) groups is 1. The Balaban J connectivity index is 1.57. The number of piperidine rings is 1. The lowest BCUT2D eigenvalue weighted by molar-refractivity contribution is 0.0679. The molecular weight excluding hydrogens is 355 g/mol. The first-order valence-corrected chi connectivity index (χ1v) is 10.4. The van der Waals surface area contributed by atoms with Crippen LogP contribution in [0.25, 0.3) is 5.69 Å². The lowest BCUT2D eigenvalue weighted by Crippen LogP contribution is -2.39. The molecule has 0 saturated carbocycles. The van der Waals surface area contributed by atoms with Crippen LogP contribution >= 0.6 is 0 Å². The van der Waals surface area contributed by atoms with Crippen molar-refractivity contribution in [1.82, 2.24) is 20.0 Å². The summed E-state index contributed by atoms with van der Waals surface area (Å²) in [6.07, 6.45) is 5.94. The molecule has 0 radical (unpaired) electrons. The van der Waals surface area contributed by atoms with Crippen LogP contribution in [0, 0.1) is 18.7 Å². The minimum absolute atomic E-state index is 0.0106. The lowest BCUT2D eigenvalue weighted by Gasteiger charge is -2.31. The van der Waals surface area contributed by atoms with Crippen molar-refractivity contribution in [2.75, 3.05) is 26.7 Å². The summed E-state index contributed by atoms with van der Waals surface area (Å²) in [5.41, 5.74) is 3.86. The molecule has 1 aliphatic heterocycles. The van der Waals surface area contributed by atoms with Crippen molar-refractivity contribution < 1.29 is 9.18 Å². The number of hydrogen-bond donors (Lipinski definition) is 1. The van der Waals surface area contributed by atoms with Gasteiger partial charge in [0.05, 0.1) is 0 Å². The summed E-state index contributed by atoms with van der Waals surface area (Å²) >= 11 is 0. The molecule has 0 unspecified atom stereocenters. The molecule has 1 aromatic carbocycles. The zero-order valence-electron chi connectivity index (χ0n) is 16.8. The zero-order valence-corrected chi connectivity index (χ0v) is 16.8. The van der Waals surface area contributed by atoms with Crippen LogP contribution < -0.4 is 5.32 Å². The molecule has 28 heavy (non-hydrogen) atoms. The van der Waals surface area contributed by atoms with Crippen LogP contribution in [-0.2, 0) is 12.8 Å². The van der Waals surface area contributed by atoms with Gasteiger partial charge in [0.1, 0.15) is 11.5 Å². The highest BCUT2D eigenvalue weighted by atomic mass is 19.1. The summed E-state index contributed by atoms with van der Waals surface area (Å²) in [5.74, 6) is 0.402. The Morgan fingerprint density at radius 3 is 2.79 bits per heavy atom. The molecule has 1 fully saturated rings. The number of nitrogens with zero attached hydrogens (tertiary/aromatic N) is 3. The predicted molar refractivity (Wildman–Crippen MR) is 107 cm³/mol. The van der Waals surface area contributed by atoms with E-state index in [9.17, 15) is 9.18 Å². The Morgan fingerprint density at radius 1 is 1.29 bits per heavy atom. The third-order valence-electron chi connectivity index (χ3n) is 6.17. The van der Waals surface area contributed by atoms with E-state index >= 15 is 0 Å². The fraction of sp³-hybridized carbons (Fsp3) is 0.545. The van der Waals surface area contributed by atoms with Gasteiger partial charge in [0.25, 0.3) is 5.91 Å². The lowest BCUT2D eigenvalue weighted by atomic mass is 9.93. The number of halogens is 1. The van der Waals surface area contributed by atoms with Gasteiger partial charge >= 0.3 is 0 Å². The molecule has 2 heterocycles. The maximum atomic E-state index is 14.6. The number of hydrogen-bond acceptors (Lipinski definition) is 3. The van der Waals surface area contributed by atoms with Gasteiger partial charge < -0.3 is 10.2 Å². The van der Waals surface area contributed by atoms with E-state index in [1.54, 1.807) is 10.7 Å². The van der Waals surface area contributed by atoms with Gasteiger partial charge in [-0.3, -0.25) is 4.79 Å². The Labute approximate surface area is 165 Å². The van der Waals surface area contributed by atoms with Crippen molar-refractivity contribution in [3.8, 4) is 5.69 Å². The van der Waals surface area contributed by atoms with Crippen LogP contribution in [0.3, 0.4) is 0 Å². The molecule has 1 N–H and O–H groups in total. The zero-order chi connectivity index (χ0) is 19.7. The van der Waals surface area contributed by atoms with Crippen LogP contribution in [-0.4, -0.2) is 47.3 Å². The van der Waals surface area contributed by atoms with Crippen molar-refractivity contribution in [3.05, 3.63) is 46.5 Å². The van der Waals surface area contributed by atoms with Crippen LogP contribution in [0.4, 0.5) is 4.39 Å². The normalized spacial score (nSPS) is 17.2. The van der Waals surface area contributed by atoms with Gasteiger partial charge in [-0.2, -0.15) is 5.10 Å². The fourth-order valence-corrected chi connectivity index (χ4v) is 4.52. The Hall–Kier alpha value is -2.21. The molecular formula is C22H29FN4O. The van der Waals surface area contributed by atoms with Crippen LogP contribution in [0.15, 0.2) is 18.2 Å². The Kier molecular flexibility index (Phi) is 5.49. The molecule has 0 bridgehead atoms. The second-order valence-electron chi connectivity index (χ2n) is 8.12. The number of rotatable bonds is 5. The van der Waals surface area contributed by atoms with Crippen LogP contribution in [0.2, 0.25) is 0 Å². The fourth-order valence-electron chi connectivity index (χ4n) is 4.52. The topological polar surface area (TPSA) is 50.2 Å². The molecule has 1 aliphatic carbocycles. The van der Waals surface area contributed by atoms with Crippen molar-refractivity contribution in [1.29, 1.82) is 0 Å². The number of amides is 1. The highest BCUT2D eigenvalue weighted by molar-refractivity contribution is 5.94. The summed E-state index contributed by atoms with van der Waals surface area (Å²) in [4.78, 5) is 15.1. The number of fused-ring (bicyclic) bond motifs is 1. The summed E-state index contributed by atoms with van der Waals surface area (Å²) < 4.78 is 16.2. The smallest absolute Gasteiger partial charge is 0.274 e. The number of nitrogens with one attached hydrogen (secondary N) is 1. The van der Waals surface area contributed by atoms with Crippen LogP contribution in [0.1, 0.15) is 53.0 Å². The minimum Gasteiger partial charge on any atom is -0.337 e. The van der Waals surface area contributed by atoms with Gasteiger partial charge in [0, 0.05) is 24.3 Å². The maximum absolute atomic E-state index is 14.6. The standard InChI is InChI=1S/C22H29FN4O/c1-15-6-7-20(18(23)14-15)27-19-5-3-4-17(19)21(25-27)22(28)26-12-9-16(10-13-26)8-11-24-2/h6-7,14,16,24H,3-5,8-13H2,1-2H3. The van der Waals surface area contributed by atoms with Crippen LogP contribution in [0.5, 0.6) is 0 Å². The highest BCUT2D eigenvalue weighted by Crippen LogP contribution is 2.30. The molecule has 6 heteroatoms. The van der Waals surface area contributed by atoms with E-state index in [-0.39, 0.29) is 11.7 Å². The van der Waals surface area contributed by atoms with Gasteiger partial charge in [-0.15, -0.1) is 0 Å². The first-order chi connectivity index (χ1) is 13.6. The molecule has 1 amide bonds. The van der Waals surface area contributed by atoms with Crippen molar-refractivity contribution in [2.24, 2.45) is 5.92 Å². The second kappa shape index (κ2) is 8.03. The van der Waals surface area contributed by atoms with Gasteiger partial charge in [-0.25, -0.2) is 9.07 Å². The van der Waals surface area contributed by atoms with E-state index in [2.05, 4.69) is 10.4 Å². The summed E-state index contributed by atoms with van der Waals surface area (Å²) in [6, 6.07) is 5.17. The summed E-state index contributed by atoms with van der Waals surface area (Å²) in [7, 11) is 1.98. The summed E-state index contributed by atoms with van der Waals surface area (Å²) in [6.45, 7) is 4.47. The third-order valence-corrected chi connectivity index (χ3v) is 6.17. The number of aromatic nitrogens is 2. The monoisotopic (exact) mass is 384 g/mol. The van der Waals surface area contributed by atoms with Gasteiger partial charge in [-0.05, 0) is 82.7 Å². The van der Waals surface area contributed by atoms with Gasteiger partial charge in [0.15, 0.2) is 5.69 Å². The van der Waals surface area contributed by atoms with E-state index in [1.165, 1.54) is 6.07 Å². The highest BCUT2D eigenvalue weighted by Gasteiger charge is 2.31. The molecule has 150 valence electrons. The molecule has 0 spiro atoms. The number of carbonyl (C=O) groups excluding carboxylic acids is 1. The average Bonchev–Trinajstić information content (AvgIpc) is 3.29. The van der Waals surface area contributed by atoms with E-state index < -0.39 is 0 Å². The van der Waals surface area contributed by atoms with E-state index in [0.717, 1.165) is 75.0 Å². The Bertz CT molecular complexity index is 868. The quantitative estimate of drug-likeness (QED) is 0.861. The first kappa shape index (κ1) is 19.1. The third kappa shape index (κ3) is 3.58.